The summed E-state index contributed by atoms with van der Waals surface area (Å²) in [6.07, 6.45) is -3.55. The van der Waals surface area contributed by atoms with E-state index in [1.807, 2.05) is 6.07 Å². The van der Waals surface area contributed by atoms with Crippen molar-refractivity contribution in [1.29, 1.82) is 0 Å². The lowest BCUT2D eigenvalue weighted by Gasteiger charge is -2.12. The zero-order valence-electron chi connectivity index (χ0n) is 15.9. The van der Waals surface area contributed by atoms with Gasteiger partial charge in [0.1, 0.15) is 5.75 Å². The number of hydrogen-bond donors (Lipinski definition) is 2. The molecule has 2 aromatic carbocycles. The quantitative estimate of drug-likeness (QED) is 0.579. The number of thiazole rings is 1. The lowest BCUT2D eigenvalue weighted by Crippen LogP contribution is -2.20. The van der Waals surface area contributed by atoms with Crippen LogP contribution >= 0.6 is 11.3 Å². The molecule has 4 rings (SSSR count). The number of amides is 2. The first-order valence-electron chi connectivity index (χ1n) is 9.31. The molecular formula is C21H16F3N3O3S. The molecule has 0 bridgehead atoms. The molecule has 0 aliphatic heterocycles. The Bertz CT molecular complexity index is 1100. The molecule has 160 valence electrons. The van der Waals surface area contributed by atoms with Crippen molar-refractivity contribution in [2.45, 2.75) is 25.1 Å². The molecule has 0 fully saturated rings. The van der Waals surface area contributed by atoms with Crippen LogP contribution in [-0.4, -0.2) is 23.2 Å². The van der Waals surface area contributed by atoms with Crippen molar-refractivity contribution in [2.75, 3.05) is 10.6 Å². The summed E-state index contributed by atoms with van der Waals surface area (Å²) in [5, 5.41) is 5.87. The van der Waals surface area contributed by atoms with E-state index >= 15 is 0 Å². The largest absolute Gasteiger partial charge is 0.573 e. The van der Waals surface area contributed by atoms with E-state index in [-0.39, 0.29) is 17.6 Å². The highest BCUT2D eigenvalue weighted by Gasteiger charge is 2.33. The smallest absolute Gasteiger partial charge is 0.406 e. The number of nitrogens with one attached hydrogen (secondary N) is 2. The molecule has 0 radical (unpaired) electrons. The molecule has 6 nitrogen and oxygen atoms in total. The summed E-state index contributed by atoms with van der Waals surface area (Å²) in [5.74, 6) is -1.46. The van der Waals surface area contributed by atoms with Crippen molar-refractivity contribution in [3.8, 4) is 5.75 Å². The molecular weight excluding hydrogens is 431 g/mol. The third-order valence-corrected chi connectivity index (χ3v) is 5.69. The summed E-state index contributed by atoms with van der Waals surface area (Å²) in [5.41, 5.74) is 1.47. The molecule has 3 aromatic rings. The van der Waals surface area contributed by atoms with Gasteiger partial charge < -0.3 is 10.1 Å². The number of rotatable bonds is 5. The van der Waals surface area contributed by atoms with E-state index in [9.17, 15) is 22.8 Å². The van der Waals surface area contributed by atoms with Gasteiger partial charge >= 0.3 is 6.36 Å². The van der Waals surface area contributed by atoms with Crippen LogP contribution in [0.5, 0.6) is 5.75 Å². The van der Waals surface area contributed by atoms with Gasteiger partial charge in [0.2, 0.25) is 5.91 Å². The number of halogens is 3. The van der Waals surface area contributed by atoms with Crippen molar-refractivity contribution in [3.63, 3.8) is 0 Å². The Labute approximate surface area is 179 Å². The average Bonchev–Trinajstić information content (AvgIpc) is 3.29. The number of carbonyl (C=O) groups is 2. The van der Waals surface area contributed by atoms with Gasteiger partial charge in [0, 0.05) is 16.1 Å². The molecule has 1 aromatic heterocycles. The van der Waals surface area contributed by atoms with Crippen molar-refractivity contribution in [1.82, 2.24) is 4.98 Å². The maximum atomic E-state index is 12.7. The average molecular weight is 447 g/mol. The fourth-order valence-electron chi connectivity index (χ4n) is 3.26. The van der Waals surface area contributed by atoms with E-state index in [1.54, 1.807) is 24.3 Å². The number of carbonyl (C=O) groups excluding carboxylic acids is 2. The predicted molar refractivity (Wildman–Crippen MR) is 109 cm³/mol. The third-order valence-electron chi connectivity index (χ3n) is 4.65. The van der Waals surface area contributed by atoms with Crippen molar-refractivity contribution in [2.24, 2.45) is 0 Å². The maximum absolute atomic E-state index is 12.7. The number of anilines is 2. The number of ether oxygens (including phenoxy) is 1. The van der Waals surface area contributed by atoms with Crippen LogP contribution in [0.1, 0.15) is 33.3 Å². The molecule has 1 atom stereocenters. The van der Waals surface area contributed by atoms with Crippen LogP contribution < -0.4 is 15.4 Å². The minimum atomic E-state index is -4.77. The van der Waals surface area contributed by atoms with Gasteiger partial charge in [0.05, 0.1) is 11.6 Å². The first-order chi connectivity index (χ1) is 14.8. The summed E-state index contributed by atoms with van der Waals surface area (Å²) < 4.78 is 40.6. The van der Waals surface area contributed by atoms with Crippen LogP contribution in [0.15, 0.2) is 54.6 Å². The van der Waals surface area contributed by atoms with Crippen LogP contribution in [0.4, 0.5) is 24.0 Å². The molecule has 0 saturated heterocycles. The first kappa shape index (κ1) is 20.9. The van der Waals surface area contributed by atoms with Gasteiger partial charge in [0.25, 0.3) is 5.91 Å². The number of nitrogens with zero attached hydrogens (tertiary/aromatic N) is 1. The lowest BCUT2D eigenvalue weighted by molar-refractivity contribution is -0.274. The van der Waals surface area contributed by atoms with Crippen LogP contribution in [0, 0.1) is 0 Å². The van der Waals surface area contributed by atoms with Gasteiger partial charge in [-0.05, 0) is 49.2 Å². The topological polar surface area (TPSA) is 80.3 Å². The summed E-state index contributed by atoms with van der Waals surface area (Å²) in [6, 6.07) is 13.7. The molecule has 0 spiro atoms. The fraction of sp³-hybridized carbons (Fsp3) is 0.190. The van der Waals surface area contributed by atoms with Gasteiger partial charge in [-0.2, -0.15) is 0 Å². The van der Waals surface area contributed by atoms with Crippen LogP contribution in [0.3, 0.4) is 0 Å². The van der Waals surface area contributed by atoms with Gasteiger partial charge in [-0.3, -0.25) is 14.9 Å². The van der Waals surface area contributed by atoms with E-state index in [0.29, 0.717) is 34.9 Å². The van der Waals surface area contributed by atoms with Crippen molar-refractivity contribution in [3.05, 3.63) is 70.7 Å². The zero-order chi connectivity index (χ0) is 22.0. The highest BCUT2D eigenvalue weighted by molar-refractivity contribution is 7.16. The lowest BCUT2D eigenvalue weighted by atomic mass is 10.1. The maximum Gasteiger partial charge on any atom is 0.573 e. The molecule has 0 saturated carbocycles. The molecule has 1 heterocycles. The molecule has 2 amide bonds. The Kier molecular flexibility index (Phi) is 5.64. The SMILES string of the molecule is O=C(Nc1nc2c(s1)CCC2C(=O)Nc1ccc(OC(F)(F)F)cc1)c1ccccc1. The van der Waals surface area contributed by atoms with Gasteiger partial charge in [-0.15, -0.1) is 24.5 Å². The minimum absolute atomic E-state index is 0.282. The number of hydrogen-bond acceptors (Lipinski definition) is 5. The van der Waals surface area contributed by atoms with E-state index < -0.39 is 12.3 Å². The molecule has 1 unspecified atom stereocenters. The third kappa shape index (κ3) is 5.02. The Balaban J connectivity index is 1.41. The van der Waals surface area contributed by atoms with E-state index in [2.05, 4.69) is 20.4 Å². The molecule has 10 heteroatoms. The number of alkyl halides is 3. The summed E-state index contributed by atoms with van der Waals surface area (Å²) in [7, 11) is 0. The molecule has 31 heavy (non-hydrogen) atoms. The van der Waals surface area contributed by atoms with E-state index in [1.165, 1.54) is 23.5 Å². The number of benzene rings is 2. The Morgan fingerprint density at radius 2 is 1.74 bits per heavy atom. The summed E-state index contributed by atoms with van der Waals surface area (Å²) in [4.78, 5) is 30.4. The highest BCUT2D eigenvalue weighted by atomic mass is 32.1. The van der Waals surface area contributed by atoms with Crippen LogP contribution in [-0.2, 0) is 11.2 Å². The van der Waals surface area contributed by atoms with E-state index in [4.69, 9.17) is 0 Å². The number of fused-ring (bicyclic) bond motifs is 1. The molecule has 2 N–H and O–H groups in total. The van der Waals surface area contributed by atoms with Gasteiger partial charge in [-0.25, -0.2) is 4.98 Å². The second-order valence-electron chi connectivity index (χ2n) is 6.80. The number of aryl methyl sites for hydroxylation is 1. The van der Waals surface area contributed by atoms with Gasteiger partial charge in [0.15, 0.2) is 5.13 Å². The normalized spacial score (nSPS) is 15.3. The number of aromatic nitrogens is 1. The van der Waals surface area contributed by atoms with Crippen LogP contribution in [0.2, 0.25) is 0 Å². The van der Waals surface area contributed by atoms with Gasteiger partial charge in [-0.1, -0.05) is 18.2 Å². The standard InChI is InChI=1S/C21H16F3N3O3S/c22-21(23,24)30-14-8-6-13(7-9-14)25-19(29)15-10-11-16-17(15)26-20(31-16)27-18(28)12-4-2-1-3-5-12/h1-9,15H,10-11H2,(H,25,29)(H,26,27,28). The monoisotopic (exact) mass is 447 g/mol. The molecule has 1 aliphatic rings. The molecule has 1 aliphatic carbocycles. The van der Waals surface area contributed by atoms with Crippen molar-refractivity contribution < 1.29 is 27.5 Å². The summed E-state index contributed by atoms with van der Waals surface area (Å²) >= 11 is 1.33. The second kappa shape index (κ2) is 8.38. The van der Waals surface area contributed by atoms with E-state index in [0.717, 1.165) is 17.0 Å². The Morgan fingerprint density at radius 3 is 2.42 bits per heavy atom. The highest BCUT2D eigenvalue weighted by Crippen LogP contribution is 2.39. The Hall–Kier alpha value is -3.40. The summed E-state index contributed by atoms with van der Waals surface area (Å²) in [6.45, 7) is 0. The van der Waals surface area contributed by atoms with Crippen LogP contribution in [0.25, 0.3) is 0 Å². The Morgan fingerprint density at radius 1 is 1.03 bits per heavy atom. The first-order valence-corrected chi connectivity index (χ1v) is 10.1. The van der Waals surface area contributed by atoms with Crippen molar-refractivity contribution >= 4 is 34.0 Å². The predicted octanol–water partition coefficient (Wildman–Crippen LogP) is 4.96. The second-order valence-corrected chi connectivity index (χ2v) is 7.88. The zero-order valence-corrected chi connectivity index (χ0v) is 16.7. The minimum Gasteiger partial charge on any atom is -0.406 e. The fourth-order valence-corrected chi connectivity index (χ4v) is 4.30.